The van der Waals surface area contributed by atoms with Crippen LogP contribution in [0.4, 0.5) is 0 Å². The summed E-state index contributed by atoms with van der Waals surface area (Å²) in [5.41, 5.74) is 6.28. The number of benzene rings is 3. The van der Waals surface area contributed by atoms with Gasteiger partial charge in [0.2, 0.25) is 41.4 Å². The molecular weight excluding hydrogens is 1200 g/mol. The second-order valence-electron chi connectivity index (χ2n) is 21.9. The summed E-state index contributed by atoms with van der Waals surface area (Å²) < 4.78 is 48.1. The molecule has 33 heteroatoms. The summed E-state index contributed by atoms with van der Waals surface area (Å²) in [6.07, 6.45) is -17.3. The van der Waals surface area contributed by atoms with E-state index in [1.165, 1.54) is 31.2 Å². The van der Waals surface area contributed by atoms with E-state index in [1.807, 2.05) is 10.6 Å². The van der Waals surface area contributed by atoms with Crippen LogP contribution in [-0.4, -0.2) is 220 Å². The number of unbranched alkanes of at least 4 members (excludes halogenated alkanes) is 2. The molecule has 3 aromatic carbocycles. The van der Waals surface area contributed by atoms with E-state index in [1.54, 1.807) is 30.3 Å². The van der Waals surface area contributed by atoms with Crippen LogP contribution in [0.15, 0.2) is 77.3 Å². The number of nitrogens with one attached hydrogen (secondary N) is 5. The number of phenols is 1. The monoisotopic (exact) mass is 1270 g/mol. The van der Waals surface area contributed by atoms with Crippen molar-refractivity contribution in [1.82, 2.24) is 41.5 Å². The quantitative estimate of drug-likeness (QED) is 0.0334. The topological polar surface area (TPSA) is 510 Å². The van der Waals surface area contributed by atoms with Crippen LogP contribution in [0.2, 0.25) is 0 Å². The third-order valence-electron chi connectivity index (χ3n) is 15.2. The fourth-order valence-electron chi connectivity index (χ4n) is 10.3. The van der Waals surface area contributed by atoms with E-state index in [2.05, 4.69) is 32.2 Å². The van der Waals surface area contributed by atoms with Crippen LogP contribution < -0.4 is 41.2 Å². The predicted octanol–water partition coefficient (Wildman–Crippen LogP) is -3.90. The molecule has 4 aromatic rings. The number of carbonyl (C=O) groups excluding carboxylic acids is 8. The molecule has 0 saturated carbocycles. The molecule has 17 N–H and O–H groups in total. The number of rotatable bonds is 18. The molecule has 3 saturated heterocycles. The predicted molar refractivity (Wildman–Crippen MR) is 304 cm³/mol. The zero-order valence-corrected chi connectivity index (χ0v) is 48.9. The summed E-state index contributed by atoms with van der Waals surface area (Å²) in [6, 6.07) is 3.52. The van der Waals surface area contributed by atoms with E-state index < -0.39 is 198 Å². The van der Waals surface area contributed by atoms with Crippen molar-refractivity contribution in [2.24, 2.45) is 11.7 Å². The largest absolute Gasteiger partial charge is 0.504 e. The van der Waals surface area contributed by atoms with Crippen molar-refractivity contribution in [2.75, 3.05) is 19.7 Å². The van der Waals surface area contributed by atoms with Gasteiger partial charge in [0.1, 0.15) is 66.0 Å². The molecule has 8 amide bonds. The Hall–Kier alpha value is -8.38. The highest BCUT2D eigenvalue weighted by molar-refractivity contribution is 7.81. The van der Waals surface area contributed by atoms with Gasteiger partial charge in [0.25, 0.3) is 5.91 Å². The molecule has 15 atom stereocenters. The van der Waals surface area contributed by atoms with Crippen LogP contribution in [0.3, 0.4) is 0 Å². The van der Waals surface area contributed by atoms with Crippen LogP contribution in [0.25, 0.3) is 22.6 Å². The van der Waals surface area contributed by atoms with E-state index >= 15 is 0 Å². The van der Waals surface area contributed by atoms with Gasteiger partial charge in [-0.25, -0.2) is 0 Å². The zero-order chi connectivity index (χ0) is 65.3. The lowest BCUT2D eigenvalue weighted by atomic mass is 9.96. The first kappa shape index (κ1) is 68.1. The molecule has 0 aliphatic carbocycles. The molecular formula is C56H71N9O23S. The van der Waals surface area contributed by atoms with Crippen molar-refractivity contribution in [3.8, 4) is 39.8 Å². The standard InChI is InChI=1S/C56H71N9O23S/c1-4-5-6-17-86-32-14-11-27(12-15-32)33-21-39(87-63-33)28-7-9-29(10-8-28)49(75)58-34-20-38(70)52(78)62-54(80)45-46(72)25(2)23-65(45)56(82)43(37(69)22-41(57)71)60-53(79)44(48(74)47(73)30-13-16-36(68)40(18-30)88-89(83,84)85)61-51(77)35-19-31(67)24-64(35)55(81)42(26(3)66)59-50(34)76/h7-16,18,21,25-26,31,34-35,37-38,42-48,52,66-70,72-74,78H,4-6,17,19-20,22-24H2,1-3H3,(H2,57,71)(H,58,75)(H,59,76)(H,60,79)(H,61,77)(H,62,80)(H,83,84,85)/t25-,26+,31+,34-,35-,37+,38+,42?,43-,44-,45-,46-,47-,48-,52+/m0/s1. The Morgan fingerprint density at radius 1 is 0.787 bits per heavy atom. The maximum Gasteiger partial charge on any atom is 0.446 e. The molecule has 89 heavy (non-hydrogen) atoms. The summed E-state index contributed by atoms with van der Waals surface area (Å²) in [5.74, 6) is -13.0. The minimum Gasteiger partial charge on any atom is -0.504 e. The minimum absolute atomic E-state index is 0.110. The Morgan fingerprint density at radius 2 is 1.43 bits per heavy atom. The van der Waals surface area contributed by atoms with Crippen LogP contribution in [-0.2, 0) is 44.0 Å². The van der Waals surface area contributed by atoms with E-state index in [0.29, 0.717) is 56.9 Å². The molecule has 3 aliphatic rings. The van der Waals surface area contributed by atoms with Crippen molar-refractivity contribution >= 4 is 57.7 Å². The van der Waals surface area contributed by atoms with Gasteiger partial charge < -0.3 is 102 Å². The first-order valence-electron chi connectivity index (χ1n) is 28.1. The van der Waals surface area contributed by atoms with E-state index in [4.69, 9.17) is 15.0 Å². The number of hydrogen-bond donors (Lipinski definition) is 16. The molecule has 3 aliphatic heterocycles. The molecule has 0 spiro atoms. The van der Waals surface area contributed by atoms with Gasteiger partial charge in [0, 0.05) is 54.6 Å². The number of nitrogens with zero attached hydrogens (tertiary/aromatic N) is 3. The van der Waals surface area contributed by atoms with Crippen molar-refractivity contribution < 1.29 is 111 Å². The zero-order valence-electron chi connectivity index (χ0n) is 48.1. The number of hydrogen-bond acceptors (Lipinski definition) is 23. The van der Waals surface area contributed by atoms with Crippen LogP contribution in [0.5, 0.6) is 17.2 Å². The summed E-state index contributed by atoms with van der Waals surface area (Å²) in [4.78, 5) is 115. The number of nitrogens with two attached hydrogens (primary N) is 1. The Morgan fingerprint density at radius 3 is 2.07 bits per heavy atom. The van der Waals surface area contributed by atoms with Gasteiger partial charge >= 0.3 is 10.4 Å². The normalized spacial score (nSPS) is 26.4. The van der Waals surface area contributed by atoms with E-state index in [0.717, 1.165) is 32.3 Å². The maximum absolute atomic E-state index is 14.7. The number of carbonyl (C=O) groups is 8. The number of ether oxygens (including phenoxy) is 1. The van der Waals surface area contributed by atoms with Crippen molar-refractivity contribution in [3.63, 3.8) is 0 Å². The molecule has 3 fully saturated rings. The Bertz CT molecular complexity index is 3340. The fraction of sp³-hybridized carbons (Fsp3) is 0.482. The van der Waals surface area contributed by atoms with Crippen molar-refractivity contribution in [2.45, 2.75) is 145 Å². The Kier molecular flexibility index (Phi) is 22.4. The summed E-state index contributed by atoms with van der Waals surface area (Å²) in [6.45, 7) is 3.74. The number of fused-ring (bicyclic) bond motifs is 2. The van der Waals surface area contributed by atoms with Gasteiger partial charge in [-0.2, -0.15) is 8.42 Å². The molecule has 0 radical (unpaired) electrons. The van der Waals surface area contributed by atoms with Crippen LogP contribution >= 0.6 is 0 Å². The Labute approximate surface area is 507 Å². The molecule has 7 rings (SSSR count). The molecule has 32 nitrogen and oxygen atoms in total. The van der Waals surface area contributed by atoms with E-state index in [9.17, 15) is 97.3 Å². The number of aromatic hydroxyl groups is 1. The second-order valence-corrected chi connectivity index (χ2v) is 22.9. The van der Waals surface area contributed by atoms with Gasteiger partial charge in [-0.15, -0.1) is 0 Å². The second kappa shape index (κ2) is 29.3. The highest BCUT2D eigenvalue weighted by atomic mass is 32.3. The molecule has 0 bridgehead atoms. The number of aliphatic hydroxyl groups excluding tert-OH is 8. The lowest BCUT2D eigenvalue weighted by Crippen LogP contribution is -2.64. The van der Waals surface area contributed by atoms with Gasteiger partial charge in [-0.05, 0) is 67.4 Å². The lowest BCUT2D eigenvalue weighted by Gasteiger charge is -2.34. The SMILES string of the molecule is CCCCCOc1ccc(-c2cc(-c3ccc(C(=O)N[C@H]4C[C@@H](O)[C@@H](O)NC(=O)[C@@H]5[C@@H](O)[C@@H](C)CN5C(=O)[C@H]([C@H](O)CC(N)=O)NC(=O)[C@H]([C@H](O)[C@@H](O)c5ccc(O)c(OS(=O)(=O)O)c5)NC(=O)[C@@H]5C[C@@H](O)CN5C(=O)C([C@@H](C)O)NC4=O)cc3)on2)cc1. The first-order chi connectivity index (χ1) is 42.0. The smallest absolute Gasteiger partial charge is 0.446 e. The van der Waals surface area contributed by atoms with Gasteiger partial charge in [-0.1, -0.05) is 50.0 Å². The molecule has 484 valence electrons. The van der Waals surface area contributed by atoms with Crippen molar-refractivity contribution in [3.05, 3.63) is 83.9 Å². The molecule has 1 unspecified atom stereocenters. The van der Waals surface area contributed by atoms with Crippen LogP contribution in [0, 0.1) is 5.92 Å². The van der Waals surface area contributed by atoms with Crippen LogP contribution in [0.1, 0.15) is 81.3 Å². The first-order valence-corrected chi connectivity index (χ1v) is 29.5. The van der Waals surface area contributed by atoms with Gasteiger partial charge in [-0.3, -0.25) is 42.9 Å². The molecule has 4 heterocycles. The summed E-state index contributed by atoms with van der Waals surface area (Å²) >= 11 is 0. The third-order valence-corrected chi connectivity index (χ3v) is 15.6. The average molecular weight is 1270 g/mol. The fourth-order valence-corrected chi connectivity index (χ4v) is 10.7. The minimum atomic E-state index is -5.35. The van der Waals surface area contributed by atoms with Gasteiger partial charge in [0.05, 0.1) is 37.4 Å². The number of primary amides is 1. The summed E-state index contributed by atoms with van der Waals surface area (Å²) in [5, 5.41) is 116. The highest BCUT2D eigenvalue weighted by Gasteiger charge is 2.51. The highest BCUT2D eigenvalue weighted by Crippen LogP contribution is 2.34. The van der Waals surface area contributed by atoms with E-state index in [-0.39, 0.29) is 5.56 Å². The number of aromatic nitrogens is 1. The van der Waals surface area contributed by atoms with Gasteiger partial charge in [0.15, 0.2) is 23.5 Å². The number of amides is 8. The number of aliphatic hydroxyl groups is 8. The number of phenolic OH excluding ortho intramolecular Hbond substituents is 1. The average Bonchev–Trinajstić information content (AvgIpc) is 2.76. The lowest BCUT2D eigenvalue weighted by molar-refractivity contribution is -0.149. The summed E-state index contributed by atoms with van der Waals surface area (Å²) in [7, 11) is -5.35. The maximum atomic E-state index is 14.7. The van der Waals surface area contributed by atoms with Crippen molar-refractivity contribution in [1.29, 1.82) is 0 Å². The Balaban J connectivity index is 1.22. The molecule has 1 aromatic heterocycles. The third kappa shape index (κ3) is 16.9.